The van der Waals surface area contributed by atoms with Gasteiger partial charge in [0, 0.05) is 19.8 Å². The van der Waals surface area contributed by atoms with Crippen molar-refractivity contribution in [1.82, 2.24) is 0 Å². The van der Waals surface area contributed by atoms with E-state index in [1.165, 1.54) is 51.4 Å². The van der Waals surface area contributed by atoms with Crippen LogP contribution in [0.1, 0.15) is 105 Å². The Kier molecular flexibility index (Phi) is 20.1. The van der Waals surface area contributed by atoms with Crippen molar-refractivity contribution in [2.24, 2.45) is 0 Å². The number of hydrogen-bond acceptors (Lipinski definition) is 5. The number of carbonyl (C=O) groups is 1. The summed E-state index contributed by atoms with van der Waals surface area (Å²) in [5.74, 6) is 1.81. The van der Waals surface area contributed by atoms with E-state index in [1.54, 1.807) is 11.8 Å². The van der Waals surface area contributed by atoms with Gasteiger partial charge in [0.2, 0.25) is 0 Å². The number of rotatable bonds is 22. The standard InChI is InChI=1S/C23H48O4SSi/c1-6-11-12-13-14-15-16-17-18-19-23(22(24)21-28-20-7-2)29(25-8-3,26-9-4)27-10-5/h23H,6-21H2,1-5H3. The Morgan fingerprint density at radius 2 is 1.21 bits per heavy atom. The van der Waals surface area contributed by atoms with E-state index in [4.69, 9.17) is 13.3 Å². The number of thioether (sulfide) groups is 1. The fourth-order valence-corrected chi connectivity index (χ4v) is 7.74. The van der Waals surface area contributed by atoms with Gasteiger partial charge in [-0.15, -0.1) is 0 Å². The van der Waals surface area contributed by atoms with Crippen LogP contribution in [0.3, 0.4) is 0 Å². The third-order valence-corrected chi connectivity index (χ3v) is 9.76. The van der Waals surface area contributed by atoms with Crippen LogP contribution >= 0.6 is 11.8 Å². The molecule has 1 unspecified atom stereocenters. The van der Waals surface area contributed by atoms with Gasteiger partial charge >= 0.3 is 8.80 Å². The lowest BCUT2D eigenvalue weighted by molar-refractivity contribution is -0.118. The maximum Gasteiger partial charge on any atom is 0.511 e. The second-order valence-electron chi connectivity index (χ2n) is 7.59. The smallest absolute Gasteiger partial charge is 0.373 e. The van der Waals surface area contributed by atoms with E-state index in [2.05, 4.69) is 13.8 Å². The largest absolute Gasteiger partial charge is 0.511 e. The van der Waals surface area contributed by atoms with Crippen LogP contribution < -0.4 is 0 Å². The Bertz CT molecular complexity index is 365. The maximum atomic E-state index is 13.1. The van der Waals surface area contributed by atoms with Gasteiger partial charge in [-0.1, -0.05) is 71.6 Å². The molecule has 4 nitrogen and oxygen atoms in total. The molecular formula is C23H48O4SSi. The molecule has 29 heavy (non-hydrogen) atoms. The normalized spacial score (nSPS) is 13.0. The van der Waals surface area contributed by atoms with E-state index in [1.807, 2.05) is 20.8 Å². The molecule has 6 heteroatoms. The molecule has 0 aromatic heterocycles. The number of unbranched alkanes of at least 4 members (excludes halogenated alkanes) is 8. The molecule has 174 valence electrons. The van der Waals surface area contributed by atoms with Crippen molar-refractivity contribution in [3.05, 3.63) is 0 Å². The third kappa shape index (κ3) is 13.2. The van der Waals surface area contributed by atoms with Crippen molar-refractivity contribution in [2.45, 2.75) is 111 Å². The highest BCUT2D eigenvalue weighted by molar-refractivity contribution is 7.99. The Labute approximate surface area is 186 Å². The first-order valence-corrected chi connectivity index (χ1v) is 15.1. The Morgan fingerprint density at radius 3 is 1.66 bits per heavy atom. The average Bonchev–Trinajstić information content (AvgIpc) is 2.70. The molecule has 0 rings (SSSR count). The summed E-state index contributed by atoms with van der Waals surface area (Å²) < 4.78 is 18.3. The predicted octanol–water partition coefficient (Wildman–Crippen LogP) is 7.04. The highest BCUT2D eigenvalue weighted by Gasteiger charge is 2.52. The number of ketones is 1. The second-order valence-corrected chi connectivity index (χ2v) is 11.5. The van der Waals surface area contributed by atoms with Crippen molar-refractivity contribution in [3.8, 4) is 0 Å². The third-order valence-electron chi connectivity index (χ3n) is 5.04. The summed E-state index contributed by atoms with van der Waals surface area (Å²) in [6, 6.07) is 0. The average molecular weight is 449 g/mol. The molecule has 1 atom stereocenters. The van der Waals surface area contributed by atoms with Crippen molar-refractivity contribution >= 4 is 26.3 Å². The summed E-state index contributed by atoms with van der Waals surface area (Å²) in [6.07, 6.45) is 13.4. The Morgan fingerprint density at radius 1 is 0.724 bits per heavy atom. The highest BCUT2D eigenvalue weighted by Crippen LogP contribution is 2.33. The molecule has 0 aliphatic heterocycles. The molecule has 0 radical (unpaired) electrons. The highest BCUT2D eigenvalue weighted by atomic mass is 32.2. The van der Waals surface area contributed by atoms with E-state index in [0.29, 0.717) is 25.6 Å². The predicted molar refractivity (Wildman–Crippen MR) is 129 cm³/mol. The molecule has 0 heterocycles. The van der Waals surface area contributed by atoms with E-state index >= 15 is 0 Å². The van der Waals surface area contributed by atoms with Crippen molar-refractivity contribution < 1.29 is 18.1 Å². The lowest BCUT2D eigenvalue weighted by Gasteiger charge is -2.34. The first kappa shape index (κ1) is 29.1. The quantitative estimate of drug-likeness (QED) is 0.131. The Hall–Kier alpha value is 0.117. The molecule has 0 aromatic rings. The number of hydrogen-bond donors (Lipinski definition) is 0. The molecule has 0 aliphatic rings. The minimum atomic E-state index is -3.00. The Balaban J connectivity index is 4.79. The van der Waals surface area contributed by atoms with Gasteiger partial charge < -0.3 is 13.3 Å². The van der Waals surface area contributed by atoms with E-state index in [9.17, 15) is 4.79 Å². The molecular weight excluding hydrogens is 400 g/mol. The molecule has 0 spiro atoms. The van der Waals surface area contributed by atoms with E-state index in [0.717, 1.165) is 25.0 Å². The van der Waals surface area contributed by atoms with Gasteiger partial charge in [0.1, 0.15) is 5.78 Å². The number of carbonyl (C=O) groups excluding carboxylic acids is 1. The molecule has 0 aliphatic carbocycles. The zero-order chi connectivity index (χ0) is 21.8. The van der Waals surface area contributed by atoms with Crippen LogP contribution in [0.5, 0.6) is 0 Å². The molecule has 0 aromatic carbocycles. The summed E-state index contributed by atoms with van der Waals surface area (Å²) in [4.78, 5) is 13.1. The van der Waals surface area contributed by atoms with Crippen LogP contribution in [-0.2, 0) is 18.1 Å². The molecule has 0 amide bonds. The molecule has 0 fully saturated rings. The molecule has 0 bridgehead atoms. The maximum absolute atomic E-state index is 13.1. The van der Waals surface area contributed by atoms with Gasteiger partial charge in [0.05, 0.1) is 11.3 Å². The molecule has 0 saturated carbocycles. The summed E-state index contributed by atoms with van der Waals surface area (Å²) in [7, 11) is -3.00. The fourth-order valence-electron chi connectivity index (χ4n) is 3.64. The van der Waals surface area contributed by atoms with E-state index < -0.39 is 8.80 Å². The van der Waals surface area contributed by atoms with Crippen molar-refractivity contribution in [1.29, 1.82) is 0 Å². The fraction of sp³-hybridized carbons (Fsp3) is 0.957. The minimum absolute atomic E-state index is 0.226. The van der Waals surface area contributed by atoms with Crippen LogP contribution in [0.2, 0.25) is 5.54 Å². The first-order chi connectivity index (χ1) is 14.1. The van der Waals surface area contributed by atoms with Gasteiger partial charge in [0.25, 0.3) is 0 Å². The molecule has 0 N–H and O–H groups in total. The lowest BCUT2D eigenvalue weighted by Crippen LogP contribution is -2.53. The van der Waals surface area contributed by atoms with Crippen LogP contribution in [-0.4, -0.2) is 45.9 Å². The zero-order valence-corrected chi connectivity index (χ0v) is 21.7. The van der Waals surface area contributed by atoms with Gasteiger partial charge in [0.15, 0.2) is 0 Å². The van der Waals surface area contributed by atoms with Gasteiger partial charge in [-0.2, -0.15) is 11.8 Å². The topological polar surface area (TPSA) is 44.8 Å². The summed E-state index contributed by atoms with van der Waals surface area (Å²) in [6.45, 7) is 11.9. The minimum Gasteiger partial charge on any atom is -0.373 e. The van der Waals surface area contributed by atoms with Crippen LogP contribution in [0.4, 0.5) is 0 Å². The number of Topliss-reactive ketones (excluding diaryl/α,β-unsaturated/α-hetero) is 1. The van der Waals surface area contributed by atoms with Crippen LogP contribution in [0, 0.1) is 0 Å². The van der Waals surface area contributed by atoms with Gasteiger partial charge in [-0.3, -0.25) is 4.79 Å². The van der Waals surface area contributed by atoms with Gasteiger partial charge in [-0.25, -0.2) is 0 Å². The van der Waals surface area contributed by atoms with Crippen molar-refractivity contribution in [3.63, 3.8) is 0 Å². The van der Waals surface area contributed by atoms with Crippen molar-refractivity contribution in [2.75, 3.05) is 31.3 Å². The summed E-state index contributed by atoms with van der Waals surface area (Å²) in [5.41, 5.74) is -0.226. The van der Waals surface area contributed by atoms with Gasteiger partial charge in [-0.05, 0) is 39.4 Å². The van der Waals surface area contributed by atoms with Crippen LogP contribution in [0.15, 0.2) is 0 Å². The van der Waals surface area contributed by atoms with E-state index in [-0.39, 0.29) is 11.3 Å². The monoisotopic (exact) mass is 448 g/mol. The summed E-state index contributed by atoms with van der Waals surface area (Å²) in [5, 5.41) is 0. The summed E-state index contributed by atoms with van der Waals surface area (Å²) >= 11 is 1.72. The SMILES string of the molecule is CCCCCCCCCCCC(C(=O)CSCCC)[Si](OCC)(OCC)OCC. The second kappa shape index (κ2) is 20.0. The zero-order valence-electron chi connectivity index (χ0n) is 19.9. The first-order valence-electron chi connectivity index (χ1n) is 12.1. The molecule has 0 saturated heterocycles. The lowest BCUT2D eigenvalue weighted by atomic mass is 10.0. The van der Waals surface area contributed by atoms with Crippen LogP contribution in [0.25, 0.3) is 0 Å².